The number of nitrogens with zero attached hydrogens (tertiary/aromatic N) is 4. The van der Waals surface area contributed by atoms with Crippen molar-refractivity contribution in [3.05, 3.63) is 83.6 Å². The van der Waals surface area contributed by atoms with Gasteiger partial charge in [-0.05, 0) is 36.0 Å². The highest BCUT2D eigenvalue weighted by Gasteiger charge is 2.59. The van der Waals surface area contributed by atoms with E-state index in [-0.39, 0.29) is 35.5 Å². The summed E-state index contributed by atoms with van der Waals surface area (Å²) in [4.78, 5) is 25.8. The fraction of sp³-hybridized carbons (Fsp3) is 0.231. The molecule has 6 rings (SSSR count). The van der Waals surface area contributed by atoms with Crippen LogP contribution in [0.25, 0.3) is 10.9 Å². The molecule has 0 radical (unpaired) electrons. The van der Waals surface area contributed by atoms with Gasteiger partial charge < -0.3 is 4.57 Å². The Morgan fingerprint density at radius 2 is 1.69 bits per heavy atom. The smallest absolute Gasteiger partial charge is 0.254 e. The van der Waals surface area contributed by atoms with Gasteiger partial charge in [-0.2, -0.15) is 15.4 Å². The maximum atomic E-state index is 12.9. The summed E-state index contributed by atoms with van der Waals surface area (Å²) in [7, 11) is 0. The maximum Gasteiger partial charge on any atom is 0.254 e. The molecule has 32 heavy (non-hydrogen) atoms. The Balaban J connectivity index is 1.33. The number of carbonyl (C=O) groups excluding carboxylic acids is 2. The molecule has 0 unspecified atom stereocenters. The Morgan fingerprint density at radius 1 is 1.00 bits per heavy atom. The Kier molecular flexibility index (Phi) is 4.12. The molecule has 2 aliphatic carbocycles. The zero-order chi connectivity index (χ0) is 21.8. The summed E-state index contributed by atoms with van der Waals surface area (Å²) in [5.74, 6) is -0.524. The van der Waals surface area contributed by atoms with Crippen molar-refractivity contribution in [3.8, 4) is 6.07 Å². The molecular weight excluding hydrogens is 400 g/mol. The first-order chi connectivity index (χ1) is 15.7. The Morgan fingerprint density at radius 3 is 2.44 bits per heavy atom. The summed E-state index contributed by atoms with van der Waals surface area (Å²) in [6, 6.07) is 17.7. The molecule has 1 saturated heterocycles. The second-order valence-electron chi connectivity index (χ2n) is 8.73. The molecular formula is C26H20N4O2. The van der Waals surface area contributed by atoms with E-state index in [4.69, 9.17) is 0 Å². The fourth-order valence-electron chi connectivity index (χ4n) is 5.58. The third kappa shape index (κ3) is 2.68. The van der Waals surface area contributed by atoms with Crippen molar-refractivity contribution in [2.45, 2.75) is 13.0 Å². The minimum absolute atomic E-state index is 0.170. The molecule has 2 amide bonds. The number of rotatable bonds is 4. The average Bonchev–Trinajstić information content (AvgIpc) is 3.57. The van der Waals surface area contributed by atoms with Gasteiger partial charge in [-0.25, -0.2) is 0 Å². The minimum atomic E-state index is -0.251. The highest BCUT2D eigenvalue weighted by molar-refractivity contribution is 6.07. The van der Waals surface area contributed by atoms with Gasteiger partial charge in [0, 0.05) is 29.2 Å². The molecule has 1 aromatic heterocycles. The van der Waals surface area contributed by atoms with Gasteiger partial charge in [-0.3, -0.25) is 9.59 Å². The highest BCUT2D eigenvalue weighted by Crippen LogP contribution is 2.52. The number of imide groups is 1. The van der Waals surface area contributed by atoms with Gasteiger partial charge in [-0.1, -0.05) is 48.6 Å². The van der Waals surface area contributed by atoms with Gasteiger partial charge in [0.05, 0.1) is 29.7 Å². The van der Waals surface area contributed by atoms with E-state index in [1.807, 2.05) is 54.7 Å². The molecule has 3 aliphatic rings. The van der Waals surface area contributed by atoms with Crippen molar-refractivity contribution in [2.24, 2.45) is 28.8 Å². The lowest BCUT2D eigenvalue weighted by Crippen LogP contribution is -2.28. The number of fused-ring (bicyclic) bond motifs is 6. The lowest BCUT2D eigenvalue weighted by atomic mass is 9.85. The zero-order valence-electron chi connectivity index (χ0n) is 17.3. The number of amides is 2. The van der Waals surface area contributed by atoms with Gasteiger partial charge in [-0.15, -0.1) is 0 Å². The first-order valence-corrected chi connectivity index (χ1v) is 10.8. The van der Waals surface area contributed by atoms with E-state index >= 15 is 0 Å². The summed E-state index contributed by atoms with van der Waals surface area (Å²) >= 11 is 0. The number of para-hydroxylation sites is 1. The third-order valence-corrected chi connectivity index (χ3v) is 7.06. The number of hydrogen-bond acceptors (Lipinski definition) is 4. The summed E-state index contributed by atoms with van der Waals surface area (Å²) in [6.07, 6.45) is 8.64. The number of allylic oxidation sites excluding steroid dienone is 2. The Bertz CT molecular complexity index is 1350. The van der Waals surface area contributed by atoms with Crippen LogP contribution in [0.4, 0.5) is 0 Å². The highest BCUT2D eigenvalue weighted by atomic mass is 16.2. The number of hydrazone groups is 1. The summed E-state index contributed by atoms with van der Waals surface area (Å²) in [5.41, 5.74) is 3.40. The predicted molar refractivity (Wildman–Crippen MR) is 119 cm³/mol. The van der Waals surface area contributed by atoms with Crippen molar-refractivity contribution in [1.29, 1.82) is 5.26 Å². The molecule has 2 aromatic carbocycles. The van der Waals surface area contributed by atoms with Gasteiger partial charge in [0.15, 0.2) is 0 Å². The van der Waals surface area contributed by atoms with Crippen LogP contribution >= 0.6 is 0 Å². The molecule has 4 atom stereocenters. The second-order valence-corrected chi connectivity index (χ2v) is 8.73. The third-order valence-electron chi connectivity index (χ3n) is 7.06. The van der Waals surface area contributed by atoms with Crippen LogP contribution in [0.1, 0.15) is 23.1 Å². The summed E-state index contributed by atoms with van der Waals surface area (Å²) in [6.45, 7) is 0.541. The van der Waals surface area contributed by atoms with E-state index in [1.165, 1.54) is 0 Å². The van der Waals surface area contributed by atoms with Crippen LogP contribution in [0.2, 0.25) is 0 Å². The molecule has 0 spiro atoms. The first-order valence-electron chi connectivity index (χ1n) is 10.8. The monoisotopic (exact) mass is 420 g/mol. The molecule has 0 N–H and O–H groups in total. The van der Waals surface area contributed by atoms with E-state index < -0.39 is 0 Å². The Hall–Kier alpha value is -3.98. The maximum absolute atomic E-state index is 12.9. The van der Waals surface area contributed by atoms with Crippen molar-refractivity contribution < 1.29 is 9.59 Å². The van der Waals surface area contributed by atoms with Crippen molar-refractivity contribution in [3.63, 3.8) is 0 Å². The normalized spacial score (nSPS) is 25.9. The fourth-order valence-corrected chi connectivity index (χ4v) is 5.58. The molecule has 6 nitrogen and oxygen atoms in total. The molecule has 1 aliphatic heterocycles. The molecule has 156 valence electrons. The summed E-state index contributed by atoms with van der Waals surface area (Å²) < 4.78 is 2.07. The number of nitriles is 1. The van der Waals surface area contributed by atoms with Gasteiger partial charge in [0.1, 0.15) is 0 Å². The average molecular weight is 420 g/mol. The molecule has 3 aromatic rings. The molecule has 2 fully saturated rings. The van der Waals surface area contributed by atoms with Crippen LogP contribution in [0.5, 0.6) is 0 Å². The number of aromatic nitrogens is 1. The van der Waals surface area contributed by atoms with Gasteiger partial charge in [0.25, 0.3) is 11.8 Å². The van der Waals surface area contributed by atoms with E-state index in [0.29, 0.717) is 12.1 Å². The first kappa shape index (κ1) is 18.8. The molecule has 6 heteroatoms. The summed E-state index contributed by atoms with van der Waals surface area (Å²) in [5, 5.41) is 15.8. The largest absolute Gasteiger partial charge is 0.342 e. The van der Waals surface area contributed by atoms with Crippen LogP contribution in [-0.2, 0) is 16.1 Å². The van der Waals surface area contributed by atoms with Crippen LogP contribution < -0.4 is 0 Å². The van der Waals surface area contributed by atoms with E-state index in [1.54, 1.807) is 6.21 Å². The van der Waals surface area contributed by atoms with Crippen LogP contribution in [-0.4, -0.2) is 27.6 Å². The van der Waals surface area contributed by atoms with Crippen molar-refractivity contribution in [1.82, 2.24) is 9.58 Å². The van der Waals surface area contributed by atoms with E-state index in [9.17, 15) is 14.9 Å². The van der Waals surface area contributed by atoms with Gasteiger partial charge >= 0.3 is 0 Å². The molecule has 1 saturated carbocycles. The Labute approximate surface area is 185 Å². The number of benzene rings is 2. The molecule has 2 heterocycles. The lowest BCUT2D eigenvalue weighted by molar-refractivity contribution is -0.140. The minimum Gasteiger partial charge on any atom is -0.342 e. The zero-order valence-corrected chi connectivity index (χ0v) is 17.3. The van der Waals surface area contributed by atoms with Crippen molar-refractivity contribution >= 4 is 28.9 Å². The van der Waals surface area contributed by atoms with Crippen LogP contribution in [0.3, 0.4) is 0 Å². The number of hydrogen-bond donors (Lipinski definition) is 0. The van der Waals surface area contributed by atoms with E-state index in [0.717, 1.165) is 33.5 Å². The van der Waals surface area contributed by atoms with E-state index in [2.05, 4.69) is 27.9 Å². The topological polar surface area (TPSA) is 78.5 Å². The quantitative estimate of drug-likeness (QED) is 0.367. The van der Waals surface area contributed by atoms with Crippen molar-refractivity contribution in [2.75, 3.05) is 0 Å². The second kappa shape index (κ2) is 7.03. The SMILES string of the molecule is N#Cc1ccccc1Cn1cc(C=NN2C(=O)[C@@H]3[C@H](C2=O)[C@H]2C=C[C@H]3C2)c2ccccc21. The standard InChI is InChI=1S/C26H20N4O2/c27-12-18-5-1-2-6-19(18)14-29-15-20(21-7-3-4-8-22(21)29)13-28-30-25(31)23-16-9-10-17(11-16)24(23)26(30)32/h1-10,13,15-17,23-24H,11,14H2/t16-,17-,23-,24+/m0/s1. The molecule has 2 bridgehead atoms. The lowest BCUT2D eigenvalue weighted by Gasteiger charge is -2.13. The van der Waals surface area contributed by atoms with Crippen LogP contribution in [0, 0.1) is 35.0 Å². The number of carbonyl (C=O) groups is 2. The predicted octanol–water partition coefficient (Wildman–Crippen LogP) is 3.70. The van der Waals surface area contributed by atoms with Crippen LogP contribution in [0.15, 0.2) is 72.0 Å². The van der Waals surface area contributed by atoms with Gasteiger partial charge in [0.2, 0.25) is 0 Å².